The molecule has 0 aliphatic rings. The Morgan fingerprint density at radius 3 is 2.29 bits per heavy atom. The molecule has 1 nitrogen and oxygen atoms in total. The lowest BCUT2D eigenvalue weighted by Crippen LogP contribution is -2.24. The Bertz CT molecular complexity index is 639. The number of benzene rings is 2. The maximum absolute atomic E-state index is 14.1. The van der Waals surface area contributed by atoms with Crippen LogP contribution in [0.1, 0.15) is 29.7 Å². The van der Waals surface area contributed by atoms with Crippen LogP contribution in [0.25, 0.3) is 0 Å². The summed E-state index contributed by atoms with van der Waals surface area (Å²) >= 11 is 6.97. The molecule has 1 N–H and O–H groups in total. The summed E-state index contributed by atoms with van der Waals surface area (Å²) in [6.45, 7) is 4.46. The molecule has 0 saturated carbocycles. The number of aryl methyl sites for hydroxylation is 1. The summed E-state index contributed by atoms with van der Waals surface area (Å²) in [4.78, 5) is 0. The average molecular weight is 419 g/mol. The third-order valence-corrected chi connectivity index (χ3v) is 4.83. The molecule has 1 atom stereocenters. The SMILES string of the molecule is CCNC(c1cc(Br)c(C)cc1Br)c1c(F)cccc1F. The third-order valence-electron chi connectivity index (χ3n) is 3.29. The van der Waals surface area contributed by atoms with Crippen molar-refractivity contribution in [2.24, 2.45) is 0 Å². The van der Waals surface area contributed by atoms with Crippen LogP contribution in [-0.2, 0) is 0 Å². The van der Waals surface area contributed by atoms with Crippen molar-refractivity contribution in [2.75, 3.05) is 6.54 Å². The highest BCUT2D eigenvalue weighted by Crippen LogP contribution is 2.34. The predicted octanol–water partition coefficient (Wildman–Crippen LogP) is 5.50. The zero-order chi connectivity index (χ0) is 15.6. The van der Waals surface area contributed by atoms with E-state index < -0.39 is 17.7 Å². The van der Waals surface area contributed by atoms with Crippen molar-refractivity contribution in [1.82, 2.24) is 5.32 Å². The molecule has 2 aromatic carbocycles. The van der Waals surface area contributed by atoms with Gasteiger partial charge in [-0.3, -0.25) is 0 Å². The molecule has 1 unspecified atom stereocenters. The molecule has 112 valence electrons. The number of rotatable bonds is 4. The normalized spacial score (nSPS) is 12.5. The molecule has 2 aromatic rings. The summed E-state index contributed by atoms with van der Waals surface area (Å²) in [6, 6.07) is 7.19. The molecule has 0 fully saturated rings. The first-order valence-electron chi connectivity index (χ1n) is 6.58. The van der Waals surface area contributed by atoms with Gasteiger partial charge in [-0.2, -0.15) is 0 Å². The molecule has 0 saturated heterocycles. The maximum Gasteiger partial charge on any atom is 0.131 e. The van der Waals surface area contributed by atoms with Crippen LogP contribution in [0.2, 0.25) is 0 Å². The fourth-order valence-electron chi connectivity index (χ4n) is 2.24. The molecule has 0 radical (unpaired) electrons. The molecule has 0 aromatic heterocycles. The molecule has 5 heteroatoms. The molecule has 0 bridgehead atoms. The zero-order valence-corrected chi connectivity index (χ0v) is 14.9. The quantitative estimate of drug-likeness (QED) is 0.691. The molecule has 0 aliphatic heterocycles. The van der Waals surface area contributed by atoms with E-state index in [1.54, 1.807) is 0 Å². The van der Waals surface area contributed by atoms with Crippen molar-refractivity contribution < 1.29 is 8.78 Å². The lowest BCUT2D eigenvalue weighted by atomic mass is 9.96. The first-order chi connectivity index (χ1) is 9.95. The smallest absolute Gasteiger partial charge is 0.131 e. The highest BCUT2D eigenvalue weighted by molar-refractivity contribution is 9.11. The molecule has 0 heterocycles. The summed E-state index contributed by atoms with van der Waals surface area (Å²) in [6.07, 6.45) is 0. The first-order valence-corrected chi connectivity index (χ1v) is 8.17. The van der Waals surface area contributed by atoms with E-state index in [0.717, 1.165) is 20.1 Å². The van der Waals surface area contributed by atoms with Crippen molar-refractivity contribution >= 4 is 31.9 Å². The Hall–Kier alpha value is -0.780. The first kappa shape index (κ1) is 16.6. The largest absolute Gasteiger partial charge is 0.306 e. The van der Waals surface area contributed by atoms with Gasteiger partial charge in [-0.05, 0) is 48.9 Å². The summed E-state index contributed by atoms with van der Waals surface area (Å²) in [5, 5.41) is 3.15. The van der Waals surface area contributed by atoms with Crippen LogP contribution in [-0.4, -0.2) is 6.54 Å². The third kappa shape index (κ3) is 3.52. The Balaban J connectivity index is 2.62. The maximum atomic E-state index is 14.1. The molecule has 0 aliphatic carbocycles. The Morgan fingerprint density at radius 2 is 1.71 bits per heavy atom. The molecule has 21 heavy (non-hydrogen) atoms. The average Bonchev–Trinajstić information content (AvgIpc) is 2.42. The fraction of sp³-hybridized carbons (Fsp3) is 0.250. The zero-order valence-electron chi connectivity index (χ0n) is 11.7. The van der Waals surface area contributed by atoms with E-state index >= 15 is 0 Å². The lowest BCUT2D eigenvalue weighted by molar-refractivity contribution is 0.509. The van der Waals surface area contributed by atoms with Gasteiger partial charge in [0.2, 0.25) is 0 Å². The van der Waals surface area contributed by atoms with Crippen molar-refractivity contribution in [1.29, 1.82) is 0 Å². The van der Waals surface area contributed by atoms with Gasteiger partial charge in [0.25, 0.3) is 0 Å². The Kier molecular flexibility index (Phi) is 5.52. The van der Waals surface area contributed by atoms with Gasteiger partial charge in [0.15, 0.2) is 0 Å². The van der Waals surface area contributed by atoms with Crippen LogP contribution in [0.5, 0.6) is 0 Å². The Morgan fingerprint density at radius 1 is 1.10 bits per heavy atom. The minimum absolute atomic E-state index is 0.0378. The Labute approximate surface area is 140 Å². The fourth-order valence-corrected chi connectivity index (χ4v) is 3.29. The second-order valence-electron chi connectivity index (χ2n) is 4.75. The number of hydrogen-bond donors (Lipinski definition) is 1. The van der Waals surface area contributed by atoms with Crippen LogP contribution in [0.15, 0.2) is 39.3 Å². The van der Waals surface area contributed by atoms with Crippen molar-refractivity contribution in [3.63, 3.8) is 0 Å². The minimum Gasteiger partial charge on any atom is -0.306 e. The molecule has 2 rings (SSSR count). The van der Waals surface area contributed by atoms with Crippen molar-refractivity contribution in [3.05, 3.63) is 67.6 Å². The summed E-state index contributed by atoms with van der Waals surface area (Å²) < 4.78 is 29.9. The van der Waals surface area contributed by atoms with Gasteiger partial charge in [-0.1, -0.05) is 44.8 Å². The summed E-state index contributed by atoms with van der Waals surface area (Å²) in [7, 11) is 0. The number of hydrogen-bond acceptors (Lipinski definition) is 1. The van der Waals surface area contributed by atoms with Gasteiger partial charge in [-0.25, -0.2) is 8.78 Å². The van der Waals surface area contributed by atoms with Crippen LogP contribution in [0, 0.1) is 18.6 Å². The van der Waals surface area contributed by atoms with E-state index in [1.165, 1.54) is 18.2 Å². The molecule has 0 spiro atoms. The topological polar surface area (TPSA) is 12.0 Å². The lowest BCUT2D eigenvalue weighted by Gasteiger charge is -2.22. The van der Waals surface area contributed by atoms with Crippen LogP contribution >= 0.6 is 31.9 Å². The molecular weight excluding hydrogens is 404 g/mol. The van der Waals surface area contributed by atoms with Crippen LogP contribution in [0.4, 0.5) is 8.78 Å². The van der Waals surface area contributed by atoms with Crippen molar-refractivity contribution in [3.8, 4) is 0 Å². The second-order valence-corrected chi connectivity index (χ2v) is 6.46. The monoisotopic (exact) mass is 417 g/mol. The van der Waals surface area contributed by atoms with Gasteiger partial charge in [0, 0.05) is 14.5 Å². The van der Waals surface area contributed by atoms with Gasteiger partial charge >= 0.3 is 0 Å². The van der Waals surface area contributed by atoms with Crippen LogP contribution in [0.3, 0.4) is 0 Å². The van der Waals surface area contributed by atoms with Crippen molar-refractivity contribution in [2.45, 2.75) is 19.9 Å². The van der Waals surface area contributed by atoms with Gasteiger partial charge < -0.3 is 5.32 Å². The predicted molar refractivity (Wildman–Crippen MR) is 88.5 cm³/mol. The minimum atomic E-state index is -0.553. The molecule has 0 amide bonds. The van der Waals surface area contributed by atoms with Gasteiger partial charge in [0.1, 0.15) is 11.6 Å². The van der Waals surface area contributed by atoms with E-state index in [4.69, 9.17) is 0 Å². The standard InChI is InChI=1S/C16H15Br2F2N/c1-3-21-16(15-13(19)5-4-6-14(15)20)10-8-11(17)9(2)7-12(10)18/h4-8,16,21H,3H2,1-2H3. The molecular formula is C16H15Br2F2N. The highest BCUT2D eigenvalue weighted by Gasteiger charge is 2.23. The highest BCUT2D eigenvalue weighted by atomic mass is 79.9. The summed E-state index contributed by atoms with van der Waals surface area (Å²) in [5.41, 5.74) is 1.88. The van der Waals surface area contributed by atoms with E-state index in [1.807, 2.05) is 26.0 Å². The summed E-state index contributed by atoms with van der Waals surface area (Å²) in [5.74, 6) is -1.10. The number of nitrogens with one attached hydrogen (secondary N) is 1. The van der Waals surface area contributed by atoms with E-state index in [0.29, 0.717) is 6.54 Å². The second kappa shape index (κ2) is 6.99. The van der Waals surface area contributed by atoms with Crippen LogP contribution < -0.4 is 5.32 Å². The van der Waals surface area contributed by atoms with E-state index in [9.17, 15) is 8.78 Å². The van der Waals surface area contributed by atoms with Gasteiger partial charge in [0.05, 0.1) is 6.04 Å². The van der Waals surface area contributed by atoms with E-state index in [-0.39, 0.29) is 5.56 Å². The number of halogens is 4. The van der Waals surface area contributed by atoms with E-state index in [2.05, 4.69) is 37.2 Å². The van der Waals surface area contributed by atoms with Gasteiger partial charge in [-0.15, -0.1) is 0 Å².